The summed E-state index contributed by atoms with van der Waals surface area (Å²) in [7, 11) is 0. The molecule has 0 aliphatic heterocycles. The Labute approximate surface area is 98.0 Å². The SMILES string of the molecule is CCOc1ccccc1CNC(C)CCN. The van der Waals surface area contributed by atoms with Gasteiger partial charge in [-0.2, -0.15) is 0 Å². The van der Waals surface area contributed by atoms with Crippen LogP contribution in [-0.4, -0.2) is 19.2 Å². The first-order valence-electron chi connectivity index (χ1n) is 5.92. The summed E-state index contributed by atoms with van der Waals surface area (Å²) in [6, 6.07) is 8.58. The Balaban J connectivity index is 2.52. The molecule has 0 heterocycles. The number of hydrogen-bond donors (Lipinski definition) is 2. The number of nitrogens with one attached hydrogen (secondary N) is 1. The van der Waals surface area contributed by atoms with E-state index >= 15 is 0 Å². The lowest BCUT2D eigenvalue weighted by atomic mass is 10.1. The monoisotopic (exact) mass is 222 g/mol. The molecule has 0 bridgehead atoms. The highest BCUT2D eigenvalue weighted by Gasteiger charge is 2.04. The van der Waals surface area contributed by atoms with Crippen LogP contribution in [-0.2, 0) is 6.54 Å². The summed E-state index contributed by atoms with van der Waals surface area (Å²) < 4.78 is 5.56. The number of rotatable bonds is 7. The Morgan fingerprint density at radius 3 is 2.81 bits per heavy atom. The minimum atomic E-state index is 0.444. The van der Waals surface area contributed by atoms with Gasteiger partial charge in [0.2, 0.25) is 0 Å². The molecule has 0 aromatic heterocycles. The van der Waals surface area contributed by atoms with E-state index in [0.717, 1.165) is 25.3 Å². The lowest BCUT2D eigenvalue weighted by Crippen LogP contribution is -2.28. The first kappa shape index (κ1) is 13.0. The Morgan fingerprint density at radius 2 is 2.12 bits per heavy atom. The first-order valence-corrected chi connectivity index (χ1v) is 5.92. The second kappa shape index (κ2) is 7.25. The first-order chi connectivity index (χ1) is 7.77. The van der Waals surface area contributed by atoms with Gasteiger partial charge in [0.1, 0.15) is 5.75 Å². The fraction of sp³-hybridized carbons (Fsp3) is 0.538. The van der Waals surface area contributed by atoms with Gasteiger partial charge in [-0.05, 0) is 32.9 Å². The molecule has 0 amide bonds. The molecule has 1 aromatic carbocycles. The van der Waals surface area contributed by atoms with Crippen LogP contribution in [0.15, 0.2) is 24.3 Å². The van der Waals surface area contributed by atoms with E-state index in [0.29, 0.717) is 12.6 Å². The lowest BCUT2D eigenvalue weighted by Gasteiger charge is -2.15. The Hall–Kier alpha value is -1.06. The summed E-state index contributed by atoms with van der Waals surface area (Å²) >= 11 is 0. The van der Waals surface area contributed by atoms with Crippen molar-refractivity contribution >= 4 is 0 Å². The standard InChI is InChI=1S/C13H22N2O/c1-3-16-13-7-5-4-6-12(13)10-15-11(2)8-9-14/h4-7,11,15H,3,8-10,14H2,1-2H3. The second-order valence-electron chi connectivity index (χ2n) is 3.90. The van der Waals surface area contributed by atoms with Gasteiger partial charge in [0.05, 0.1) is 6.61 Å². The van der Waals surface area contributed by atoms with Crippen LogP contribution < -0.4 is 15.8 Å². The average molecular weight is 222 g/mol. The highest BCUT2D eigenvalue weighted by Crippen LogP contribution is 2.17. The van der Waals surface area contributed by atoms with Gasteiger partial charge in [-0.25, -0.2) is 0 Å². The predicted molar refractivity (Wildman–Crippen MR) is 67.6 cm³/mol. The molecular formula is C13H22N2O. The molecule has 0 aliphatic carbocycles. The van der Waals surface area contributed by atoms with Gasteiger partial charge in [0.25, 0.3) is 0 Å². The smallest absolute Gasteiger partial charge is 0.123 e. The van der Waals surface area contributed by atoms with Crippen molar-refractivity contribution in [3.63, 3.8) is 0 Å². The minimum Gasteiger partial charge on any atom is -0.494 e. The zero-order valence-corrected chi connectivity index (χ0v) is 10.2. The van der Waals surface area contributed by atoms with E-state index in [9.17, 15) is 0 Å². The van der Waals surface area contributed by atoms with Crippen molar-refractivity contribution in [3.05, 3.63) is 29.8 Å². The maximum atomic E-state index is 5.56. The number of benzene rings is 1. The summed E-state index contributed by atoms with van der Waals surface area (Å²) in [6.07, 6.45) is 0.997. The van der Waals surface area contributed by atoms with Gasteiger partial charge >= 0.3 is 0 Å². The highest BCUT2D eigenvalue weighted by molar-refractivity contribution is 5.33. The largest absolute Gasteiger partial charge is 0.494 e. The molecule has 0 saturated heterocycles. The number of nitrogens with two attached hydrogens (primary N) is 1. The van der Waals surface area contributed by atoms with Gasteiger partial charge in [-0.1, -0.05) is 18.2 Å². The number of ether oxygens (including phenoxy) is 1. The Kier molecular flexibility index (Phi) is 5.90. The maximum Gasteiger partial charge on any atom is 0.123 e. The lowest BCUT2D eigenvalue weighted by molar-refractivity contribution is 0.334. The number of hydrogen-bond acceptors (Lipinski definition) is 3. The normalized spacial score (nSPS) is 12.4. The molecular weight excluding hydrogens is 200 g/mol. The van der Waals surface area contributed by atoms with Gasteiger partial charge < -0.3 is 15.8 Å². The van der Waals surface area contributed by atoms with Crippen molar-refractivity contribution in [3.8, 4) is 5.75 Å². The summed E-state index contributed by atoms with van der Waals surface area (Å²) in [5, 5.41) is 3.44. The quantitative estimate of drug-likeness (QED) is 0.741. The molecule has 0 radical (unpaired) electrons. The van der Waals surface area contributed by atoms with E-state index < -0.39 is 0 Å². The molecule has 1 aromatic rings. The fourth-order valence-electron chi connectivity index (χ4n) is 1.58. The third-order valence-corrected chi connectivity index (χ3v) is 2.51. The summed E-state index contributed by atoms with van der Waals surface area (Å²) in [5.41, 5.74) is 6.71. The summed E-state index contributed by atoms with van der Waals surface area (Å²) in [4.78, 5) is 0. The van der Waals surface area contributed by atoms with Crippen LogP contribution in [0.1, 0.15) is 25.8 Å². The second-order valence-corrected chi connectivity index (χ2v) is 3.90. The van der Waals surface area contributed by atoms with E-state index in [1.165, 1.54) is 5.56 Å². The molecule has 0 saturated carbocycles. The summed E-state index contributed by atoms with van der Waals surface area (Å²) in [5.74, 6) is 0.970. The van der Waals surface area contributed by atoms with Crippen molar-refractivity contribution in [2.75, 3.05) is 13.2 Å². The van der Waals surface area contributed by atoms with Crippen LogP contribution in [0.3, 0.4) is 0 Å². The maximum absolute atomic E-state index is 5.56. The fourth-order valence-corrected chi connectivity index (χ4v) is 1.58. The van der Waals surface area contributed by atoms with Gasteiger partial charge in [0, 0.05) is 18.2 Å². The number of para-hydroxylation sites is 1. The van der Waals surface area contributed by atoms with Crippen LogP contribution >= 0.6 is 0 Å². The van der Waals surface area contributed by atoms with E-state index in [1.807, 2.05) is 25.1 Å². The third-order valence-electron chi connectivity index (χ3n) is 2.51. The molecule has 3 heteroatoms. The average Bonchev–Trinajstić information content (AvgIpc) is 2.29. The zero-order chi connectivity index (χ0) is 11.8. The zero-order valence-electron chi connectivity index (χ0n) is 10.2. The Morgan fingerprint density at radius 1 is 1.38 bits per heavy atom. The molecule has 3 N–H and O–H groups in total. The van der Waals surface area contributed by atoms with E-state index in [1.54, 1.807) is 0 Å². The molecule has 16 heavy (non-hydrogen) atoms. The van der Waals surface area contributed by atoms with Crippen LogP contribution in [0.2, 0.25) is 0 Å². The van der Waals surface area contributed by atoms with Crippen molar-refractivity contribution in [1.82, 2.24) is 5.32 Å². The van der Waals surface area contributed by atoms with Gasteiger partial charge in [-0.15, -0.1) is 0 Å². The highest BCUT2D eigenvalue weighted by atomic mass is 16.5. The van der Waals surface area contributed by atoms with Crippen molar-refractivity contribution in [2.45, 2.75) is 32.9 Å². The summed E-state index contributed by atoms with van der Waals surface area (Å²) in [6.45, 7) is 6.41. The van der Waals surface area contributed by atoms with Crippen molar-refractivity contribution in [2.24, 2.45) is 5.73 Å². The topological polar surface area (TPSA) is 47.3 Å². The third kappa shape index (κ3) is 4.21. The van der Waals surface area contributed by atoms with Crippen LogP contribution in [0, 0.1) is 0 Å². The molecule has 0 fully saturated rings. The van der Waals surface area contributed by atoms with Gasteiger partial charge in [-0.3, -0.25) is 0 Å². The van der Waals surface area contributed by atoms with Crippen molar-refractivity contribution in [1.29, 1.82) is 0 Å². The predicted octanol–water partition coefficient (Wildman–Crippen LogP) is 1.91. The van der Waals surface area contributed by atoms with Gasteiger partial charge in [0.15, 0.2) is 0 Å². The molecule has 0 spiro atoms. The molecule has 1 unspecified atom stereocenters. The van der Waals surface area contributed by atoms with Crippen LogP contribution in [0.25, 0.3) is 0 Å². The molecule has 1 rings (SSSR count). The van der Waals surface area contributed by atoms with E-state index in [4.69, 9.17) is 10.5 Å². The minimum absolute atomic E-state index is 0.444. The Bertz CT molecular complexity index is 302. The molecule has 0 aliphatic rings. The van der Waals surface area contributed by atoms with Crippen LogP contribution in [0.5, 0.6) is 5.75 Å². The molecule has 3 nitrogen and oxygen atoms in total. The van der Waals surface area contributed by atoms with Crippen molar-refractivity contribution < 1.29 is 4.74 Å². The van der Waals surface area contributed by atoms with E-state index in [-0.39, 0.29) is 0 Å². The molecule has 1 atom stereocenters. The van der Waals surface area contributed by atoms with Crippen LogP contribution in [0.4, 0.5) is 0 Å². The molecule has 90 valence electrons. The van der Waals surface area contributed by atoms with E-state index in [2.05, 4.69) is 18.3 Å².